The van der Waals surface area contributed by atoms with Crippen molar-refractivity contribution in [3.8, 4) is 11.5 Å². The smallest absolute Gasteiger partial charge is 0.199 e. The molecule has 0 spiro atoms. The third-order valence-electron chi connectivity index (χ3n) is 7.25. The normalized spacial score (nSPS) is 18.6. The van der Waals surface area contributed by atoms with Crippen molar-refractivity contribution in [3.05, 3.63) is 76.5 Å². The van der Waals surface area contributed by atoms with Gasteiger partial charge in [-0.25, -0.2) is 4.58 Å². The lowest BCUT2D eigenvalue weighted by atomic mass is 9.88. The van der Waals surface area contributed by atoms with Crippen LogP contribution in [0.3, 0.4) is 0 Å². The first kappa shape index (κ1) is 25.3. The molecule has 0 saturated carbocycles. The highest BCUT2D eigenvalue weighted by atomic mass is 35.5. The quantitative estimate of drug-likeness (QED) is 0.291. The van der Waals surface area contributed by atoms with Crippen molar-refractivity contribution in [3.63, 3.8) is 0 Å². The zero-order chi connectivity index (χ0) is 25.3. The van der Waals surface area contributed by atoms with Crippen LogP contribution in [0.4, 0.5) is 5.69 Å². The average Bonchev–Trinajstić information content (AvgIpc) is 2.87. The highest BCUT2D eigenvalue weighted by Crippen LogP contribution is 2.48. The number of fused-ring (bicyclic) bond motifs is 2. The SMILES string of the molecule is COc1cccc(OC)c1C1=C2C=CC(=[N+](C)C)C=C2[Si](C)(CCCCl)c2cc(N(C)C)ccc21. The number of alkyl halides is 1. The molecule has 0 fully saturated rings. The molecule has 1 atom stereocenters. The molecule has 4 rings (SSSR count). The molecule has 0 bridgehead atoms. The Balaban J connectivity index is 2.16. The number of rotatable bonds is 7. The summed E-state index contributed by atoms with van der Waals surface area (Å²) in [6, 6.07) is 14.0. The summed E-state index contributed by atoms with van der Waals surface area (Å²) < 4.78 is 14.0. The van der Waals surface area contributed by atoms with Gasteiger partial charge < -0.3 is 14.4 Å². The Labute approximate surface area is 215 Å². The maximum Gasteiger partial charge on any atom is 0.199 e. The summed E-state index contributed by atoms with van der Waals surface area (Å²) in [5.41, 5.74) is 7.15. The van der Waals surface area contributed by atoms with E-state index >= 15 is 0 Å². The fourth-order valence-electron chi connectivity index (χ4n) is 5.32. The van der Waals surface area contributed by atoms with Crippen LogP contribution < -0.4 is 19.6 Å². The molecule has 4 nitrogen and oxygen atoms in total. The molecule has 0 amide bonds. The Morgan fingerprint density at radius 1 is 1.00 bits per heavy atom. The summed E-state index contributed by atoms with van der Waals surface area (Å²) in [5, 5.41) is 2.89. The minimum Gasteiger partial charge on any atom is -0.496 e. The molecular weight excluding hydrogens is 472 g/mol. The van der Waals surface area contributed by atoms with Crippen molar-refractivity contribution in [2.45, 2.75) is 19.0 Å². The maximum atomic E-state index is 6.27. The lowest BCUT2D eigenvalue weighted by molar-refractivity contribution is -0.462. The van der Waals surface area contributed by atoms with Gasteiger partial charge in [0.15, 0.2) is 5.71 Å². The van der Waals surface area contributed by atoms with Crippen molar-refractivity contribution in [2.24, 2.45) is 0 Å². The molecular formula is C29H36ClN2O2Si+. The number of methoxy groups -OCH3 is 2. The predicted molar refractivity (Wildman–Crippen MR) is 152 cm³/mol. The first-order chi connectivity index (χ1) is 16.8. The van der Waals surface area contributed by atoms with Crippen LogP contribution >= 0.6 is 11.6 Å². The van der Waals surface area contributed by atoms with Gasteiger partial charge >= 0.3 is 0 Å². The van der Waals surface area contributed by atoms with Crippen molar-refractivity contribution in [1.29, 1.82) is 0 Å². The number of benzene rings is 2. The molecule has 2 aliphatic rings. The number of allylic oxidation sites excluding steroid dienone is 5. The van der Waals surface area contributed by atoms with E-state index in [0.29, 0.717) is 5.88 Å². The number of hydrogen-bond acceptors (Lipinski definition) is 3. The molecule has 1 heterocycles. The summed E-state index contributed by atoms with van der Waals surface area (Å²) in [6.07, 6.45) is 7.91. The van der Waals surface area contributed by atoms with E-state index in [9.17, 15) is 0 Å². The number of hydrogen-bond donors (Lipinski definition) is 0. The van der Waals surface area contributed by atoms with Gasteiger partial charge in [-0.15, -0.1) is 11.6 Å². The second-order valence-corrected chi connectivity index (χ2v) is 14.4. The van der Waals surface area contributed by atoms with E-state index in [0.717, 1.165) is 29.5 Å². The zero-order valence-electron chi connectivity index (χ0n) is 21.9. The minimum atomic E-state index is -2.12. The van der Waals surface area contributed by atoms with Crippen molar-refractivity contribution < 1.29 is 14.0 Å². The van der Waals surface area contributed by atoms with Crippen LogP contribution in [0, 0.1) is 0 Å². The molecule has 6 heteroatoms. The molecule has 0 N–H and O–H groups in total. The molecule has 2 aromatic rings. The number of nitrogens with zero attached hydrogens (tertiary/aromatic N) is 2. The third-order valence-corrected chi connectivity index (χ3v) is 12.1. The van der Waals surface area contributed by atoms with E-state index in [1.807, 2.05) is 18.2 Å². The highest BCUT2D eigenvalue weighted by molar-refractivity contribution is 6.99. The minimum absolute atomic E-state index is 0.672. The van der Waals surface area contributed by atoms with Gasteiger partial charge in [-0.1, -0.05) is 18.7 Å². The van der Waals surface area contributed by atoms with Gasteiger partial charge in [-0.3, -0.25) is 0 Å². The van der Waals surface area contributed by atoms with E-state index in [-0.39, 0.29) is 0 Å². The van der Waals surface area contributed by atoms with Crippen LogP contribution in [0.15, 0.2) is 65.4 Å². The van der Waals surface area contributed by atoms with Crippen LogP contribution in [0.2, 0.25) is 12.6 Å². The van der Waals surface area contributed by atoms with Gasteiger partial charge in [0.1, 0.15) is 33.7 Å². The Bertz CT molecular complexity index is 1250. The Kier molecular flexibility index (Phi) is 7.29. The second-order valence-electron chi connectivity index (χ2n) is 9.79. The van der Waals surface area contributed by atoms with Gasteiger partial charge in [-0.05, 0) is 64.3 Å². The standard InChI is InChI=1S/C29H36ClN2O2Si/c1-31(2)20-12-14-22-26(18-20)35(7,17-9-16-30)27-19-21(32(3)4)13-15-23(27)28(22)29-24(33-5)10-8-11-25(29)34-6/h8,10-15,18-19H,9,16-17H2,1-7H3/q+1. The molecule has 35 heavy (non-hydrogen) atoms. The van der Waals surface area contributed by atoms with Crippen LogP contribution in [-0.4, -0.2) is 66.7 Å². The first-order valence-corrected chi connectivity index (χ1v) is 15.3. The van der Waals surface area contributed by atoms with Gasteiger partial charge in [-0.2, -0.15) is 0 Å². The molecule has 1 unspecified atom stereocenters. The topological polar surface area (TPSA) is 24.7 Å². The molecule has 1 aliphatic heterocycles. The van der Waals surface area contributed by atoms with Crippen molar-refractivity contribution in [1.82, 2.24) is 0 Å². The summed E-state index contributed by atoms with van der Waals surface area (Å²) in [7, 11) is 9.76. The third kappa shape index (κ3) is 4.36. The Morgan fingerprint density at radius 2 is 1.69 bits per heavy atom. The highest BCUT2D eigenvalue weighted by Gasteiger charge is 2.44. The fourth-order valence-corrected chi connectivity index (χ4v) is 9.93. The Hall–Kier alpha value is -2.76. The van der Waals surface area contributed by atoms with Crippen LogP contribution in [0.25, 0.3) is 5.57 Å². The first-order valence-electron chi connectivity index (χ1n) is 12.1. The largest absolute Gasteiger partial charge is 0.496 e. The summed E-state index contributed by atoms with van der Waals surface area (Å²) in [6.45, 7) is 2.51. The predicted octanol–water partition coefficient (Wildman–Crippen LogP) is 5.25. The zero-order valence-corrected chi connectivity index (χ0v) is 23.7. The lowest BCUT2D eigenvalue weighted by Gasteiger charge is -2.40. The van der Waals surface area contributed by atoms with Gasteiger partial charge in [0.25, 0.3) is 0 Å². The number of halogens is 1. The summed E-state index contributed by atoms with van der Waals surface area (Å²) >= 11 is 6.27. The van der Waals surface area contributed by atoms with E-state index < -0.39 is 8.07 Å². The van der Waals surface area contributed by atoms with Crippen molar-refractivity contribution in [2.75, 3.05) is 53.2 Å². The molecule has 0 radical (unpaired) electrons. The molecule has 0 saturated heterocycles. The van der Waals surface area contributed by atoms with E-state index in [2.05, 4.69) is 80.6 Å². The van der Waals surface area contributed by atoms with E-state index in [4.69, 9.17) is 21.1 Å². The maximum absolute atomic E-state index is 6.27. The fraction of sp³-hybridized carbons (Fsp3) is 0.345. The van der Waals surface area contributed by atoms with Gasteiger partial charge in [0.2, 0.25) is 0 Å². The molecule has 0 aromatic heterocycles. The summed E-state index contributed by atoms with van der Waals surface area (Å²) in [4.78, 5) is 2.19. The van der Waals surface area contributed by atoms with E-state index in [1.54, 1.807) is 14.2 Å². The van der Waals surface area contributed by atoms with E-state index in [1.165, 1.54) is 38.5 Å². The van der Waals surface area contributed by atoms with Crippen LogP contribution in [0.1, 0.15) is 17.5 Å². The molecule has 184 valence electrons. The van der Waals surface area contributed by atoms with Crippen molar-refractivity contribution >= 4 is 41.8 Å². The van der Waals surface area contributed by atoms with Crippen LogP contribution in [-0.2, 0) is 0 Å². The second kappa shape index (κ2) is 10.1. The molecule has 2 aromatic carbocycles. The average molecular weight is 508 g/mol. The summed E-state index contributed by atoms with van der Waals surface area (Å²) in [5.74, 6) is 2.30. The number of ether oxygens (including phenoxy) is 2. The number of anilines is 1. The Morgan fingerprint density at radius 3 is 2.26 bits per heavy atom. The van der Waals surface area contributed by atoms with Crippen LogP contribution in [0.5, 0.6) is 11.5 Å². The van der Waals surface area contributed by atoms with Gasteiger partial charge in [0, 0.05) is 43.4 Å². The lowest BCUT2D eigenvalue weighted by Crippen LogP contribution is -2.52. The van der Waals surface area contributed by atoms with Gasteiger partial charge in [0.05, 0.1) is 19.8 Å². The monoisotopic (exact) mass is 507 g/mol. The molecule has 1 aliphatic carbocycles.